The summed E-state index contributed by atoms with van der Waals surface area (Å²) in [4.78, 5) is 2.35. The average molecular weight is 332 g/mol. The number of hydrogen-bond donors (Lipinski definition) is 0. The summed E-state index contributed by atoms with van der Waals surface area (Å²) in [5, 5.41) is 0. The number of thioether (sulfide) groups is 2. The molecule has 0 fully saturated rings. The molecule has 0 spiro atoms. The van der Waals surface area contributed by atoms with Crippen molar-refractivity contribution in [2.75, 3.05) is 25.7 Å². The van der Waals surface area contributed by atoms with E-state index < -0.39 is 0 Å². The molecule has 22 heavy (non-hydrogen) atoms. The van der Waals surface area contributed by atoms with E-state index in [2.05, 4.69) is 24.3 Å². The molecule has 2 nitrogen and oxygen atoms in total. The molecule has 0 saturated carbocycles. The van der Waals surface area contributed by atoms with Crippen molar-refractivity contribution >= 4 is 23.5 Å². The van der Waals surface area contributed by atoms with Gasteiger partial charge in [-0.25, -0.2) is 0 Å². The minimum Gasteiger partial charge on any atom is -0.496 e. The van der Waals surface area contributed by atoms with Gasteiger partial charge in [-0.15, -0.1) is 23.5 Å². The fraction of sp³-hybridized carbons (Fsp3) is 0.222. The van der Waals surface area contributed by atoms with Gasteiger partial charge in [0.15, 0.2) is 0 Å². The number of hydrogen-bond acceptors (Lipinski definition) is 4. The van der Waals surface area contributed by atoms with Gasteiger partial charge in [0.2, 0.25) is 0 Å². The largest absolute Gasteiger partial charge is 0.496 e. The molecule has 2 aromatic carbocycles. The zero-order valence-corrected chi connectivity index (χ0v) is 14.5. The zero-order chi connectivity index (χ0) is 15.6. The lowest BCUT2D eigenvalue weighted by Gasteiger charge is -2.06. The molecule has 0 saturated heterocycles. The standard InChI is InChI=1S/C18H20O2S2/c1-19-15-9-3-5-11-17(15)21-13-7-8-14-22-18-12-6-4-10-16(18)20-2/h3-12H,13-14H2,1-2H3/b8-7+. The van der Waals surface area contributed by atoms with Crippen LogP contribution in [0, 0.1) is 0 Å². The maximum absolute atomic E-state index is 5.34. The number of benzene rings is 2. The lowest BCUT2D eigenvalue weighted by atomic mass is 10.3. The second kappa shape index (κ2) is 9.49. The van der Waals surface area contributed by atoms with E-state index in [1.54, 1.807) is 37.7 Å². The van der Waals surface area contributed by atoms with Crippen LogP contribution in [0.2, 0.25) is 0 Å². The Morgan fingerprint density at radius 2 is 1.14 bits per heavy atom. The van der Waals surface area contributed by atoms with E-state index in [-0.39, 0.29) is 0 Å². The highest BCUT2D eigenvalue weighted by atomic mass is 32.2. The Labute approximate surface area is 140 Å². The summed E-state index contributed by atoms with van der Waals surface area (Å²) >= 11 is 3.56. The Hall–Kier alpha value is -1.52. The van der Waals surface area contributed by atoms with E-state index in [1.807, 2.05) is 36.4 Å². The van der Waals surface area contributed by atoms with Crippen molar-refractivity contribution in [3.8, 4) is 11.5 Å². The van der Waals surface area contributed by atoms with Crippen molar-refractivity contribution in [3.05, 3.63) is 60.7 Å². The van der Waals surface area contributed by atoms with E-state index in [1.165, 1.54) is 9.79 Å². The van der Waals surface area contributed by atoms with Gasteiger partial charge >= 0.3 is 0 Å². The van der Waals surface area contributed by atoms with Crippen LogP contribution in [0.15, 0.2) is 70.5 Å². The Bertz CT molecular complexity index is 558. The van der Waals surface area contributed by atoms with Crippen LogP contribution in [0.5, 0.6) is 11.5 Å². The molecular weight excluding hydrogens is 312 g/mol. The van der Waals surface area contributed by atoms with E-state index in [9.17, 15) is 0 Å². The highest BCUT2D eigenvalue weighted by molar-refractivity contribution is 7.99. The molecule has 0 heterocycles. The molecule has 0 N–H and O–H groups in total. The van der Waals surface area contributed by atoms with Crippen molar-refractivity contribution in [1.82, 2.24) is 0 Å². The molecule has 0 radical (unpaired) electrons. The molecule has 4 heteroatoms. The Balaban J connectivity index is 1.77. The van der Waals surface area contributed by atoms with Crippen molar-refractivity contribution < 1.29 is 9.47 Å². The predicted molar refractivity (Wildman–Crippen MR) is 96.6 cm³/mol. The molecule has 0 aliphatic rings. The van der Waals surface area contributed by atoms with E-state index >= 15 is 0 Å². The summed E-state index contributed by atoms with van der Waals surface area (Å²) in [6, 6.07) is 16.2. The van der Waals surface area contributed by atoms with Crippen LogP contribution in [0.3, 0.4) is 0 Å². The molecule has 2 aromatic rings. The van der Waals surface area contributed by atoms with Crippen LogP contribution in [0.25, 0.3) is 0 Å². The van der Waals surface area contributed by atoms with Gasteiger partial charge in [0.1, 0.15) is 11.5 Å². The van der Waals surface area contributed by atoms with E-state index in [0.29, 0.717) is 0 Å². The van der Waals surface area contributed by atoms with Crippen molar-refractivity contribution in [3.63, 3.8) is 0 Å². The predicted octanol–water partition coefficient (Wildman–Crippen LogP) is 5.14. The zero-order valence-electron chi connectivity index (χ0n) is 12.8. The minimum absolute atomic E-state index is 0.935. The molecule has 0 aliphatic heterocycles. The van der Waals surface area contributed by atoms with Gasteiger partial charge in [-0.1, -0.05) is 36.4 Å². The van der Waals surface area contributed by atoms with Crippen molar-refractivity contribution in [2.45, 2.75) is 9.79 Å². The number of methoxy groups -OCH3 is 2. The molecule has 0 unspecified atom stereocenters. The molecule has 0 atom stereocenters. The van der Waals surface area contributed by atoms with E-state index in [4.69, 9.17) is 9.47 Å². The van der Waals surface area contributed by atoms with Crippen LogP contribution >= 0.6 is 23.5 Å². The summed E-state index contributed by atoms with van der Waals surface area (Å²) in [5.41, 5.74) is 0. The van der Waals surface area contributed by atoms with Gasteiger partial charge in [-0.3, -0.25) is 0 Å². The van der Waals surface area contributed by atoms with Crippen LogP contribution in [-0.4, -0.2) is 25.7 Å². The molecule has 116 valence electrons. The van der Waals surface area contributed by atoms with Gasteiger partial charge < -0.3 is 9.47 Å². The molecule has 0 aromatic heterocycles. The summed E-state index contributed by atoms with van der Waals surface area (Å²) in [7, 11) is 3.41. The summed E-state index contributed by atoms with van der Waals surface area (Å²) < 4.78 is 10.7. The monoisotopic (exact) mass is 332 g/mol. The van der Waals surface area contributed by atoms with Crippen LogP contribution < -0.4 is 9.47 Å². The Morgan fingerprint density at radius 3 is 1.55 bits per heavy atom. The van der Waals surface area contributed by atoms with Gasteiger partial charge in [0.05, 0.1) is 14.2 Å². The molecule has 0 amide bonds. The first-order chi connectivity index (χ1) is 10.8. The smallest absolute Gasteiger partial charge is 0.132 e. The first-order valence-electron chi connectivity index (χ1n) is 7.01. The maximum Gasteiger partial charge on any atom is 0.132 e. The maximum atomic E-state index is 5.34. The van der Waals surface area contributed by atoms with Crippen LogP contribution in [0.1, 0.15) is 0 Å². The second-order valence-corrected chi connectivity index (χ2v) is 6.52. The van der Waals surface area contributed by atoms with Crippen molar-refractivity contribution in [1.29, 1.82) is 0 Å². The SMILES string of the molecule is COc1ccccc1SC/C=C/CSc1ccccc1OC. The van der Waals surface area contributed by atoms with Gasteiger partial charge in [0, 0.05) is 21.3 Å². The second-order valence-electron chi connectivity index (χ2n) is 4.40. The molecule has 0 aliphatic carbocycles. The first-order valence-corrected chi connectivity index (χ1v) is 8.99. The lowest BCUT2D eigenvalue weighted by molar-refractivity contribution is 0.404. The third-order valence-corrected chi connectivity index (χ3v) is 4.99. The summed E-state index contributed by atoms with van der Waals surface area (Å²) in [6.07, 6.45) is 4.39. The molecule has 2 rings (SSSR count). The summed E-state index contributed by atoms with van der Waals surface area (Å²) in [6.45, 7) is 0. The fourth-order valence-electron chi connectivity index (χ4n) is 1.89. The fourth-order valence-corrected chi connectivity index (χ4v) is 3.65. The lowest BCUT2D eigenvalue weighted by Crippen LogP contribution is -1.86. The molecular formula is C18H20O2S2. The van der Waals surface area contributed by atoms with Gasteiger partial charge in [-0.2, -0.15) is 0 Å². The van der Waals surface area contributed by atoms with Gasteiger partial charge in [0.25, 0.3) is 0 Å². The normalized spacial score (nSPS) is 10.8. The minimum atomic E-state index is 0.935. The number of para-hydroxylation sites is 2. The highest BCUT2D eigenvalue weighted by Crippen LogP contribution is 2.30. The average Bonchev–Trinajstić information content (AvgIpc) is 2.58. The first kappa shape index (κ1) is 16.8. The van der Waals surface area contributed by atoms with Crippen LogP contribution in [0.4, 0.5) is 0 Å². The van der Waals surface area contributed by atoms with E-state index in [0.717, 1.165) is 23.0 Å². The number of rotatable bonds is 8. The highest BCUT2D eigenvalue weighted by Gasteiger charge is 2.01. The van der Waals surface area contributed by atoms with Crippen molar-refractivity contribution in [2.24, 2.45) is 0 Å². The topological polar surface area (TPSA) is 18.5 Å². The summed E-state index contributed by atoms with van der Waals surface area (Å²) in [5.74, 6) is 3.74. The Kier molecular flexibility index (Phi) is 7.26. The number of ether oxygens (including phenoxy) is 2. The molecule has 0 bridgehead atoms. The quantitative estimate of drug-likeness (QED) is 0.492. The third kappa shape index (κ3) is 5.04. The van der Waals surface area contributed by atoms with Gasteiger partial charge in [-0.05, 0) is 24.3 Å². The Morgan fingerprint density at radius 1 is 0.727 bits per heavy atom. The van der Waals surface area contributed by atoms with Crippen LogP contribution in [-0.2, 0) is 0 Å². The third-order valence-electron chi connectivity index (χ3n) is 2.97.